The van der Waals surface area contributed by atoms with Crippen molar-refractivity contribution in [3.63, 3.8) is 0 Å². The predicted octanol–water partition coefficient (Wildman–Crippen LogP) is 8.84. The van der Waals surface area contributed by atoms with Crippen LogP contribution in [-0.4, -0.2) is 40.8 Å². The van der Waals surface area contributed by atoms with Gasteiger partial charge in [-0.1, -0.05) is 23.7 Å². The molecule has 20 heteroatoms. The highest BCUT2D eigenvalue weighted by Gasteiger charge is 2.68. The summed E-state index contributed by atoms with van der Waals surface area (Å²) >= 11 is 18.4. The molecule has 49 heavy (non-hydrogen) atoms. The van der Waals surface area contributed by atoms with Crippen molar-refractivity contribution < 1.29 is 67.4 Å². The normalized spacial score (nSPS) is 17.4. The Morgan fingerprint density at radius 1 is 0.837 bits per heavy atom. The van der Waals surface area contributed by atoms with Gasteiger partial charge in [-0.15, -0.1) is 23.2 Å². The van der Waals surface area contributed by atoms with Gasteiger partial charge in [-0.3, -0.25) is 14.4 Å². The van der Waals surface area contributed by atoms with Crippen LogP contribution in [0.3, 0.4) is 0 Å². The summed E-state index contributed by atoms with van der Waals surface area (Å²) in [5.41, 5.74) is -4.15. The van der Waals surface area contributed by atoms with E-state index in [0.717, 1.165) is 24.3 Å². The number of amides is 2. The Bertz CT molecular complexity index is 1820. The lowest BCUT2D eigenvalue weighted by atomic mass is 10.0. The molecule has 2 N–H and O–H groups in total. The molecule has 264 valence electrons. The molecular weight excluding hydrogens is 756 g/mol. The van der Waals surface area contributed by atoms with Gasteiger partial charge in [0.2, 0.25) is 5.91 Å². The lowest BCUT2D eigenvalue weighted by molar-refractivity contribution is -0.388. The van der Waals surface area contributed by atoms with Crippen LogP contribution >= 0.6 is 34.8 Å². The second kappa shape index (κ2) is 13.6. The topological polar surface area (TPSA) is 84.5 Å². The van der Waals surface area contributed by atoms with Crippen LogP contribution in [0.4, 0.5) is 59.7 Å². The smallest absolute Gasteiger partial charge is 0.326 e. The van der Waals surface area contributed by atoms with E-state index >= 15 is 4.39 Å². The molecule has 1 aliphatic rings. The Morgan fingerprint density at radius 3 is 2.08 bits per heavy atom. The number of rotatable bonds is 10. The van der Waals surface area contributed by atoms with Gasteiger partial charge in [0.1, 0.15) is 28.3 Å². The van der Waals surface area contributed by atoms with Crippen molar-refractivity contribution in [2.24, 2.45) is 5.92 Å². The van der Waals surface area contributed by atoms with Crippen LogP contribution < -0.4 is 10.6 Å². The molecule has 2 atom stereocenters. The largest absolute Gasteiger partial charge is 0.482 e. The maximum Gasteiger partial charge on any atom is 0.482 e. The molecule has 1 aliphatic carbocycles. The zero-order valence-electron chi connectivity index (χ0n) is 23.6. The van der Waals surface area contributed by atoms with Gasteiger partial charge in [0.25, 0.3) is 5.91 Å². The number of nitrogens with one attached hydrogen (secondary N) is 2. The van der Waals surface area contributed by atoms with Crippen molar-refractivity contribution >= 4 is 63.8 Å². The molecular formula is C29H16Cl3F11N2O4. The van der Waals surface area contributed by atoms with Crippen LogP contribution in [0.2, 0.25) is 5.02 Å². The lowest BCUT2D eigenvalue weighted by Gasteiger charge is -2.19. The van der Waals surface area contributed by atoms with E-state index in [2.05, 4.69) is 10.1 Å². The highest BCUT2D eigenvalue weighted by Crippen LogP contribution is 2.65. The lowest BCUT2D eigenvalue weighted by Crippen LogP contribution is -2.41. The second-order valence-corrected chi connectivity index (χ2v) is 12.2. The van der Waals surface area contributed by atoms with Gasteiger partial charge >= 0.3 is 18.5 Å². The SMILES string of the molecule is O=C(COC(F)(F)C(F)(F)F)Nc1c(F)ccc(CC(=O)c2cc(NC(=O)[C@H]3[C@H](c4ccc(F)c(C(F)(F)F)c4)C3(Cl)Cl)ccc2Cl)c1F. The van der Waals surface area contributed by atoms with Crippen molar-refractivity contribution in [3.8, 4) is 0 Å². The van der Waals surface area contributed by atoms with Gasteiger partial charge in [-0.25, -0.2) is 13.2 Å². The van der Waals surface area contributed by atoms with Crippen LogP contribution in [0.1, 0.15) is 33.0 Å². The van der Waals surface area contributed by atoms with E-state index in [0.29, 0.717) is 18.2 Å². The summed E-state index contributed by atoms with van der Waals surface area (Å²) in [6.45, 7) is -1.96. The first-order valence-electron chi connectivity index (χ1n) is 13.2. The third-order valence-corrected chi connectivity index (χ3v) is 8.30. The summed E-state index contributed by atoms with van der Waals surface area (Å²) in [4.78, 5) is 37.9. The van der Waals surface area contributed by atoms with Crippen molar-refractivity contribution in [2.75, 3.05) is 17.2 Å². The Labute approximate surface area is 282 Å². The van der Waals surface area contributed by atoms with E-state index in [4.69, 9.17) is 34.8 Å². The number of hydrogen-bond donors (Lipinski definition) is 2. The molecule has 6 nitrogen and oxygen atoms in total. The van der Waals surface area contributed by atoms with E-state index in [-0.39, 0.29) is 21.8 Å². The zero-order valence-corrected chi connectivity index (χ0v) is 25.9. The van der Waals surface area contributed by atoms with Crippen molar-refractivity contribution in [1.29, 1.82) is 0 Å². The summed E-state index contributed by atoms with van der Waals surface area (Å²) in [7, 11) is 0. The first-order chi connectivity index (χ1) is 22.5. The Balaban J connectivity index is 1.48. The number of Topliss-reactive ketones (excluding diaryl/α,β-unsaturated/α-hetero) is 1. The van der Waals surface area contributed by atoms with Crippen LogP contribution in [0, 0.1) is 23.4 Å². The Morgan fingerprint density at radius 2 is 1.47 bits per heavy atom. The molecule has 0 radical (unpaired) electrons. The summed E-state index contributed by atoms with van der Waals surface area (Å²) in [6.07, 6.45) is -17.9. The summed E-state index contributed by atoms with van der Waals surface area (Å²) in [5, 5.41) is 3.58. The third kappa shape index (κ3) is 8.22. The average Bonchev–Trinajstić information content (AvgIpc) is 3.57. The van der Waals surface area contributed by atoms with Crippen molar-refractivity contribution in [3.05, 3.63) is 93.3 Å². The molecule has 0 heterocycles. The second-order valence-electron chi connectivity index (χ2n) is 10.4. The molecule has 0 aliphatic heterocycles. The van der Waals surface area contributed by atoms with Gasteiger partial charge in [-0.2, -0.15) is 35.1 Å². The zero-order chi connectivity index (χ0) is 36.9. The fourth-order valence-corrected chi connectivity index (χ4v) is 5.64. The number of ketones is 1. The van der Waals surface area contributed by atoms with E-state index < -0.39 is 99.5 Å². The Hall–Kier alpha value is -3.67. The maximum atomic E-state index is 15.1. The molecule has 0 unspecified atom stereocenters. The molecule has 4 rings (SSSR count). The molecule has 0 saturated heterocycles. The summed E-state index contributed by atoms with van der Waals surface area (Å²) in [5.74, 6) is -10.9. The van der Waals surface area contributed by atoms with Crippen molar-refractivity contribution in [2.45, 2.75) is 35.1 Å². The minimum atomic E-state index is -6.18. The number of hydrogen-bond acceptors (Lipinski definition) is 4. The number of alkyl halides is 10. The van der Waals surface area contributed by atoms with Crippen LogP contribution in [0.25, 0.3) is 0 Å². The van der Waals surface area contributed by atoms with Gasteiger partial charge in [0.05, 0.1) is 16.5 Å². The van der Waals surface area contributed by atoms with Crippen molar-refractivity contribution in [1.82, 2.24) is 0 Å². The molecule has 3 aromatic rings. The maximum absolute atomic E-state index is 15.1. The number of halogens is 14. The first kappa shape index (κ1) is 38.1. The standard InChI is InChI=1S/C29H16Cl3F11N2O4/c30-16-4-3-13(44-25(48)22-21(26(22,31)32)11-1-5-17(33)15(7-11)27(36,37)38)9-14(16)19(46)8-12-2-6-18(34)24(23(12)35)45-20(47)10-49-29(42,43)28(39,40)41/h1-7,9,21-22H,8,10H2,(H,44,48)(H,45,47)/t21-,22+/m0/s1. The predicted molar refractivity (Wildman–Crippen MR) is 152 cm³/mol. The monoisotopic (exact) mass is 770 g/mol. The van der Waals surface area contributed by atoms with Gasteiger partial charge in [-0.05, 0) is 47.5 Å². The van der Waals surface area contributed by atoms with Crippen LogP contribution in [0.15, 0.2) is 48.5 Å². The van der Waals surface area contributed by atoms with E-state index in [1.54, 1.807) is 0 Å². The van der Waals surface area contributed by atoms with Gasteiger partial charge < -0.3 is 15.4 Å². The summed E-state index contributed by atoms with van der Waals surface area (Å²) < 4.78 is 146. The number of carbonyl (C=O) groups excluding carboxylic acids is 3. The van der Waals surface area contributed by atoms with E-state index in [9.17, 15) is 58.3 Å². The number of benzene rings is 3. The van der Waals surface area contributed by atoms with E-state index in [1.165, 1.54) is 11.4 Å². The highest BCUT2D eigenvalue weighted by molar-refractivity contribution is 6.53. The fraction of sp³-hybridized carbons (Fsp3) is 0.276. The van der Waals surface area contributed by atoms with Crippen LogP contribution in [-0.2, 0) is 26.9 Å². The summed E-state index contributed by atoms with van der Waals surface area (Å²) in [6, 6.07) is 6.66. The fourth-order valence-electron chi connectivity index (χ4n) is 4.59. The molecule has 0 spiro atoms. The van der Waals surface area contributed by atoms with E-state index in [1.807, 2.05) is 0 Å². The molecule has 0 aromatic heterocycles. The molecule has 3 aromatic carbocycles. The molecule has 1 fully saturated rings. The minimum Gasteiger partial charge on any atom is -0.326 e. The number of carbonyl (C=O) groups is 3. The molecule has 1 saturated carbocycles. The quantitative estimate of drug-likeness (QED) is 0.123. The first-order valence-corrected chi connectivity index (χ1v) is 14.3. The number of anilines is 2. The highest BCUT2D eigenvalue weighted by atomic mass is 35.5. The molecule has 0 bridgehead atoms. The third-order valence-electron chi connectivity index (χ3n) is 7.03. The van der Waals surface area contributed by atoms with Gasteiger partial charge in [0.15, 0.2) is 11.6 Å². The average molecular weight is 772 g/mol. The minimum absolute atomic E-state index is 0.120. The Kier molecular flexibility index (Phi) is 10.6. The van der Waals surface area contributed by atoms with Crippen LogP contribution in [0.5, 0.6) is 0 Å². The van der Waals surface area contributed by atoms with Gasteiger partial charge in [0, 0.05) is 23.6 Å². The number of ether oxygens (including phenoxy) is 1. The molecule has 2 amide bonds.